The fourth-order valence-electron chi connectivity index (χ4n) is 3.54. The van der Waals surface area contributed by atoms with Crippen LogP contribution in [0.4, 0.5) is 5.69 Å². The van der Waals surface area contributed by atoms with Crippen LogP contribution in [-0.4, -0.2) is 42.3 Å². The third-order valence-corrected chi connectivity index (χ3v) is 7.90. The van der Waals surface area contributed by atoms with E-state index in [-0.39, 0.29) is 34.6 Å². The highest BCUT2D eigenvalue weighted by Gasteiger charge is 2.49. The number of carbonyl (C=O) groups excluding carboxylic acids is 1. The first kappa shape index (κ1) is 19.4. The number of hydrogen-bond acceptors (Lipinski definition) is 4. The van der Waals surface area contributed by atoms with Crippen LogP contribution in [0.25, 0.3) is 0 Å². The topological polar surface area (TPSA) is 66.8 Å². The number of anilines is 1. The maximum absolute atomic E-state index is 12.3. The summed E-state index contributed by atoms with van der Waals surface area (Å²) in [6.45, 7) is 8.22. The Morgan fingerprint density at radius 1 is 1.23 bits per heavy atom. The molecule has 2 heterocycles. The Bertz CT molecular complexity index is 831. The predicted octanol–water partition coefficient (Wildman–Crippen LogP) is 3.46. The second-order valence-corrected chi connectivity index (χ2v) is 11.1. The van der Waals surface area contributed by atoms with Gasteiger partial charge in [0.25, 0.3) is 0 Å². The summed E-state index contributed by atoms with van der Waals surface area (Å²) in [6.07, 6.45) is 0.400. The molecule has 7 heteroatoms. The Balaban J connectivity index is 2.04. The number of benzene rings is 1. The van der Waals surface area contributed by atoms with Gasteiger partial charge in [0.1, 0.15) is 0 Å². The molecule has 5 nitrogen and oxygen atoms in total. The summed E-state index contributed by atoms with van der Waals surface area (Å²) in [5, 5.41) is 0.583. The number of thioether (sulfide) groups is 1. The van der Waals surface area contributed by atoms with Gasteiger partial charge >= 0.3 is 0 Å². The summed E-state index contributed by atoms with van der Waals surface area (Å²) < 4.78 is 24.3. The molecular weight excluding hydrogens is 368 g/mol. The number of nitrogens with zero attached hydrogens (tertiary/aromatic N) is 2. The van der Waals surface area contributed by atoms with E-state index >= 15 is 0 Å². The lowest BCUT2D eigenvalue weighted by molar-refractivity contribution is -0.118. The van der Waals surface area contributed by atoms with Crippen LogP contribution in [0.1, 0.15) is 45.6 Å². The van der Waals surface area contributed by atoms with Crippen LogP contribution in [0.2, 0.25) is 0 Å². The second-order valence-electron chi connectivity index (χ2n) is 7.77. The number of sulfone groups is 1. The molecule has 0 aliphatic carbocycles. The SMILES string of the molecule is CC(C)CC(=O)N=C1S[C@@H]2CS(=O)(=O)C[C@H]2N1c1ccccc1C(C)C. The summed E-state index contributed by atoms with van der Waals surface area (Å²) in [5.74, 6) is 0.668. The van der Waals surface area contributed by atoms with E-state index in [1.165, 1.54) is 11.8 Å². The first-order valence-corrected chi connectivity index (χ1v) is 11.7. The molecule has 0 aromatic heterocycles. The van der Waals surface area contributed by atoms with Gasteiger partial charge in [0.2, 0.25) is 5.91 Å². The first-order valence-electron chi connectivity index (χ1n) is 9.04. The van der Waals surface area contributed by atoms with Crippen molar-refractivity contribution in [1.29, 1.82) is 0 Å². The standard InChI is InChI=1S/C19H26N2O3S2/c1-12(2)9-18(22)20-19-21(15-8-6-5-7-14(15)13(3)4)16-10-26(23,24)11-17(16)25-19/h5-8,12-13,16-17H,9-11H2,1-4H3/t16-,17-/m1/s1. The van der Waals surface area contributed by atoms with E-state index in [0.29, 0.717) is 17.5 Å². The smallest absolute Gasteiger partial charge is 0.248 e. The van der Waals surface area contributed by atoms with Crippen LogP contribution in [0, 0.1) is 5.92 Å². The van der Waals surface area contributed by atoms with E-state index in [2.05, 4.69) is 24.9 Å². The van der Waals surface area contributed by atoms with Crippen molar-refractivity contribution in [3.8, 4) is 0 Å². The minimum atomic E-state index is -3.05. The van der Waals surface area contributed by atoms with Crippen LogP contribution >= 0.6 is 11.8 Å². The van der Waals surface area contributed by atoms with Crippen molar-refractivity contribution in [2.24, 2.45) is 10.9 Å². The van der Waals surface area contributed by atoms with Gasteiger partial charge in [-0.25, -0.2) is 8.42 Å². The van der Waals surface area contributed by atoms with Crippen LogP contribution in [0.5, 0.6) is 0 Å². The minimum Gasteiger partial charge on any atom is -0.315 e. The number of hydrogen-bond donors (Lipinski definition) is 0. The van der Waals surface area contributed by atoms with E-state index in [1.807, 2.05) is 36.9 Å². The summed E-state index contributed by atoms with van der Waals surface area (Å²) in [7, 11) is -3.05. The van der Waals surface area contributed by atoms with Gasteiger partial charge in [-0.3, -0.25) is 4.79 Å². The molecule has 1 aromatic carbocycles. The molecule has 1 amide bonds. The summed E-state index contributed by atoms with van der Waals surface area (Å²) in [6, 6.07) is 7.86. The van der Waals surface area contributed by atoms with E-state index in [1.54, 1.807) is 0 Å². The number of carbonyl (C=O) groups is 1. The van der Waals surface area contributed by atoms with Gasteiger partial charge in [-0.15, -0.1) is 0 Å². The van der Waals surface area contributed by atoms with E-state index in [0.717, 1.165) is 11.3 Å². The lowest BCUT2D eigenvalue weighted by Crippen LogP contribution is -2.38. The summed E-state index contributed by atoms with van der Waals surface area (Å²) in [4.78, 5) is 18.7. The molecule has 142 valence electrons. The Labute approximate surface area is 160 Å². The predicted molar refractivity (Wildman–Crippen MR) is 109 cm³/mol. The average molecular weight is 395 g/mol. The molecule has 2 saturated heterocycles. The maximum Gasteiger partial charge on any atom is 0.248 e. The molecule has 2 fully saturated rings. The van der Waals surface area contributed by atoms with Crippen molar-refractivity contribution >= 4 is 38.4 Å². The fourth-order valence-corrected chi connectivity index (χ4v) is 7.47. The highest BCUT2D eigenvalue weighted by atomic mass is 32.2. The van der Waals surface area contributed by atoms with Gasteiger partial charge < -0.3 is 4.90 Å². The van der Waals surface area contributed by atoms with E-state index < -0.39 is 9.84 Å². The van der Waals surface area contributed by atoms with Gasteiger partial charge in [-0.2, -0.15) is 4.99 Å². The van der Waals surface area contributed by atoms with Gasteiger partial charge in [-0.1, -0.05) is 57.7 Å². The molecule has 2 aliphatic heterocycles. The zero-order valence-corrected chi connectivity index (χ0v) is 17.3. The van der Waals surface area contributed by atoms with Crippen LogP contribution < -0.4 is 4.90 Å². The molecule has 3 rings (SSSR count). The third kappa shape index (κ3) is 3.98. The molecule has 2 atom stereocenters. The Kier molecular flexibility index (Phi) is 5.49. The van der Waals surface area contributed by atoms with Crippen molar-refractivity contribution in [2.75, 3.05) is 16.4 Å². The van der Waals surface area contributed by atoms with E-state index in [9.17, 15) is 13.2 Å². The number of amides is 1. The number of para-hydroxylation sites is 1. The zero-order valence-electron chi connectivity index (χ0n) is 15.7. The maximum atomic E-state index is 12.3. The van der Waals surface area contributed by atoms with Crippen molar-refractivity contribution in [1.82, 2.24) is 0 Å². The first-order chi connectivity index (χ1) is 12.2. The molecule has 0 N–H and O–H groups in total. The molecular formula is C19H26N2O3S2. The molecule has 0 unspecified atom stereocenters. The monoisotopic (exact) mass is 394 g/mol. The number of rotatable bonds is 4. The fraction of sp³-hybridized carbons (Fsp3) is 0.579. The summed E-state index contributed by atoms with van der Waals surface area (Å²) in [5.41, 5.74) is 2.11. The van der Waals surface area contributed by atoms with Crippen LogP contribution in [0.3, 0.4) is 0 Å². The normalized spacial score (nSPS) is 26.1. The lowest BCUT2D eigenvalue weighted by atomic mass is 9.99. The average Bonchev–Trinajstić information content (AvgIpc) is 2.97. The number of amidine groups is 1. The molecule has 0 spiro atoms. The van der Waals surface area contributed by atoms with Gasteiger partial charge in [0, 0.05) is 17.4 Å². The molecule has 0 bridgehead atoms. The molecule has 1 aromatic rings. The highest BCUT2D eigenvalue weighted by Crippen LogP contribution is 2.43. The highest BCUT2D eigenvalue weighted by molar-refractivity contribution is 8.16. The number of aliphatic imine (C=N–C) groups is 1. The third-order valence-electron chi connectivity index (χ3n) is 4.69. The van der Waals surface area contributed by atoms with Crippen molar-refractivity contribution in [3.63, 3.8) is 0 Å². The van der Waals surface area contributed by atoms with E-state index in [4.69, 9.17) is 0 Å². The Hall–Kier alpha value is -1.34. The van der Waals surface area contributed by atoms with Gasteiger partial charge in [0.15, 0.2) is 15.0 Å². The molecule has 0 radical (unpaired) electrons. The largest absolute Gasteiger partial charge is 0.315 e. The Morgan fingerprint density at radius 3 is 2.58 bits per heavy atom. The summed E-state index contributed by atoms with van der Waals surface area (Å²) >= 11 is 1.44. The molecule has 0 saturated carbocycles. The second kappa shape index (κ2) is 7.35. The quantitative estimate of drug-likeness (QED) is 0.782. The van der Waals surface area contributed by atoms with Crippen LogP contribution in [0.15, 0.2) is 29.3 Å². The van der Waals surface area contributed by atoms with Crippen molar-refractivity contribution in [3.05, 3.63) is 29.8 Å². The van der Waals surface area contributed by atoms with Crippen LogP contribution in [-0.2, 0) is 14.6 Å². The zero-order chi connectivity index (χ0) is 19.1. The lowest BCUT2D eigenvalue weighted by Gasteiger charge is -2.28. The molecule has 26 heavy (non-hydrogen) atoms. The number of fused-ring (bicyclic) bond motifs is 1. The van der Waals surface area contributed by atoms with Crippen molar-refractivity contribution in [2.45, 2.75) is 51.3 Å². The Morgan fingerprint density at radius 2 is 1.92 bits per heavy atom. The van der Waals surface area contributed by atoms with Gasteiger partial charge in [-0.05, 0) is 23.5 Å². The van der Waals surface area contributed by atoms with Crippen molar-refractivity contribution < 1.29 is 13.2 Å². The molecule has 2 aliphatic rings. The minimum absolute atomic E-state index is 0.0641. The van der Waals surface area contributed by atoms with Gasteiger partial charge in [0.05, 0.1) is 17.5 Å².